The van der Waals surface area contributed by atoms with E-state index in [1.807, 2.05) is 49.5 Å². The van der Waals surface area contributed by atoms with Crippen LogP contribution in [0.3, 0.4) is 0 Å². The van der Waals surface area contributed by atoms with E-state index in [1.54, 1.807) is 17.8 Å². The number of aromatic amines is 1. The van der Waals surface area contributed by atoms with Crippen LogP contribution in [0.25, 0.3) is 16.8 Å². The van der Waals surface area contributed by atoms with Gasteiger partial charge in [0.2, 0.25) is 0 Å². The second kappa shape index (κ2) is 5.34. The molecule has 5 nitrogen and oxygen atoms in total. The Morgan fingerprint density at radius 1 is 1.23 bits per heavy atom. The van der Waals surface area contributed by atoms with Gasteiger partial charge >= 0.3 is 0 Å². The highest BCUT2D eigenvalue weighted by Crippen LogP contribution is 2.27. The molecule has 3 aromatic rings. The highest BCUT2D eigenvalue weighted by molar-refractivity contribution is 5.74. The summed E-state index contributed by atoms with van der Waals surface area (Å²) in [6.45, 7) is 3.76. The number of H-pyrrole nitrogens is 1. The largest absolute Gasteiger partial charge is 0.325 e. The van der Waals surface area contributed by atoms with Crippen molar-refractivity contribution in [1.29, 1.82) is 5.26 Å². The van der Waals surface area contributed by atoms with E-state index in [0.29, 0.717) is 5.56 Å². The summed E-state index contributed by atoms with van der Waals surface area (Å²) in [7, 11) is 0. The first-order valence-electron chi connectivity index (χ1n) is 6.85. The first kappa shape index (κ1) is 13.8. The Kier molecular flexibility index (Phi) is 3.36. The monoisotopic (exact) mass is 290 g/mol. The van der Waals surface area contributed by atoms with Gasteiger partial charge < -0.3 is 4.98 Å². The summed E-state index contributed by atoms with van der Waals surface area (Å²) in [5, 5.41) is 13.5. The summed E-state index contributed by atoms with van der Waals surface area (Å²) in [5.74, 6) is 0. The molecule has 0 spiro atoms. The molecular weight excluding hydrogens is 276 g/mol. The molecule has 0 fully saturated rings. The highest BCUT2D eigenvalue weighted by Gasteiger charge is 2.12. The van der Waals surface area contributed by atoms with Gasteiger partial charge in [-0.2, -0.15) is 10.4 Å². The van der Waals surface area contributed by atoms with Gasteiger partial charge in [0.15, 0.2) is 0 Å². The zero-order valence-corrected chi connectivity index (χ0v) is 12.3. The molecule has 1 N–H and O–H groups in total. The molecule has 0 saturated carbocycles. The Hall–Kier alpha value is -3.13. The SMILES string of the molecule is Cc1cc(-c2ccc(-n3cccn3)cc2C)c(C#N)c(=O)[nH]1. The smallest absolute Gasteiger partial charge is 0.266 e. The third kappa shape index (κ3) is 2.31. The molecule has 5 heteroatoms. The second-order valence-corrected chi connectivity index (χ2v) is 5.13. The van der Waals surface area contributed by atoms with Crippen LogP contribution in [0.15, 0.2) is 47.5 Å². The van der Waals surface area contributed by atoms with Crippen molar-refractivity contribution in [3.05, 3.63) is 69.9 Å². The minimum atomic E-state index is -0.354. The van der Waals surface area contributed by atoms with Crippen LogP contribution in [0.2, 0.25) is 0 Å². The van der Waals surface area contributed by atoms with Gasteiger partial charge in [-0.25, -0.2) is 4.68 Å². The molecule has 108 valence electrons. The summed E-state index contributed by atoms with van der Waals surface area (Å²) in [6.07, 6.45) is 3.59. The quantitative estimate of drug-likeness (QED) is 0.788. The lowest BCUT2D eigenvalue weighted by molar-refractivity contribution is 0.879. The van der Waals surface area contributed by atoms with Crippen LogP contribution in [0, 0.1) is 25.2 Å². The maximum Gasteiger partial charge on any atom is 0.266 e. The second-order valence-electron chi connectivity index (χ2n) is 5.13. The zero-order valence-electron chi connectivity index (χ0n) is 12.3. The maximum absolute atomic E-state index is 11.9. The van der Waals surface area contributed by atoms with Gasteiger partial charge in [0.05, 0.1) is 5.69 Å². The van der Waals surface area contributed by atoms with Crippen molar-refractivity contribution in [2.75, 3.05) is 0 Å². The predicted molar refractivity (Wildman–Crippen MR) is 83.8 cm³/mol. The van der Waals surface area contributed by atoms with Crippen LogP contribution in [0.5, 0.6) is 0 Å². The van der Waals surface area contributed by atoms with Gasteiger partial charge in [-0.15, -0.1) is 0 Å². The number of hydrogen-bond donors (Lipinski definition) is 1. The van der Waals surface area contributed by atoms with Gasteiger partial charge in [0, 0.05) is 23.7 Å². The van der Waals surface area contributed by atoms with Gasteiger partial charge in [0.25, 0.3) is 5.56 Å². The van der Waals surface area contributed by atoms with Crippen molar-refractivity contribution >= 4 is 0 Å². The molecule has 0 aliphatic carbocycles. The highest BCUT2D eigenvalue weighted by atomic mass is 16.1. The molecule has 1 aromatic carbocycles. The van der Waals surface area contributed by atoms with Crippen LogP contribution < -0.4 is 5.56 Å². The minimum Gasteiger partial charge on any atom is -0.325 e. The van der Waals surface area contributed by atoms with Gasteiger partial charge in [-0.1, -0.05) is 6.07 Å². The molecule has 0 amide bonds. The Labute approximate surface area is 127 Å². The molecule has 2 aromatic heterocycles. The molecule has 0 aliphatic rings. The summed E-state index contributed by atoms with van der Waals surface area (Å²) in [4.78, 5) is 14.6. The minimum absolute atomic E-state index is 0.139. The number of aromatic nitrogens is 3. The average molecular weight is 290 g/mol. The molecule has 0 bridgehead atoms. The third-order valence-corrected chi connectivity index (χ3v) is 3.55. The van der Waals surface area contributed by atoms with Crippen molar-refractivity contribution in [2.45, 2.75) is 13.8 Å². The van der Waals surface area contributed by atoms with Crippen LogP contribution >= 0.6 is 0 Å². The van der Waals surface area contributed by atoms with E-state index in [-0.39, 0.29) is 11.1 Å². The Balaban J connectivity index is 2.19. The Morgan fingerprint density at radius 3 is 2.68 bits per heavy atom. The molecule has 0 saturated heterocycles. The Bertz CT molecular complexity index is 930. The van der Waals surface area contributed by atoms with Crippen LogP contribution in [0.1, 0.15) is 16.8 Å². The lowest BCUT2D eigenvalue weighted by Gasteiger charge is -2.11. The number of benzene rings is 1. The number of nitrogens with one attached hydrogen (secondary N) is 1. The molecule has 0 unspecified atom stereocenters. The summed E-state index contributed by atoms with van der Waals surface area (Å²) in [6, 6.07) is 11.5. The number of rotatable bonds is 2. The van der Waals surface area contributed by atoms with Gasteiger partial charge in [-0.3, -0.25) is 4.79 Å². The van der Waals surface area contributed by atoms with E-state index >= 15 is 0 Å². The fraction of sp³-hybridized carbons (Fsp3) is 0.118. The maximum atomic E-state index is 11.9. The van der Waals surface area contributed by atoms with E-state index in [4.69, 9.17) is 0 Å². The number of pyridine rings is 1. The standard InChI is InChI=1S/C17H14N4O/c1-11-8-13(21-7-3-6-19-21)4-5-14(11)15-9-12(2)20-17(22)16(15)10-18/h3-9H,1-2H3,(H,20,22). The van der Waals surface area contributed by atoms with E-state index in [0.717, 1.165) is 22.5 Å². The molecule has 0 radical (unpaired) electrons. The molecular formula is C17H14N4O. The fourth-order valence-electron chi connectivity index (χ4n) is 2.53. The molecule has 3 rings (SSSR count). The van der Waals surface area contributed by atoms with E-state index in [1.165, 1.54) is 0 Å². The zero-order chi connectivity index (χ0) is 15.7. The van der Waals surface area contributed by atoms with Gasteiger partial charge in [-0.05, 0) is 49.2 Å². The topological polar surface area (TPSA) is 74.5 Å². The third-order valence-electron chi connectivity index (χ3n) is 3.55. The average Bonchev–Trinajstić information content (AvgIpc) is 3.00. The number of nitrogens with zero attached hydrogens (tertiary/aromatic N) is 3. The van der Waals surface area contributed by atoms with Crippen molar-refractivity contribution in [3.8, 4) is 22.9 Å². The summed E-state index contributed by atoms with van der Waals surface area (Å²) in [5.41, 5.74) is 3.97. The molecule has 2 heterocycles. The Morgan fingerprint density at radius 2 is 2.05 bits per heavy atom. The molecule has 22 heavy (non-hydrogen) atoms. The van der Waals surface area contributed by atoms with Gasteiger partial charge in [0.1, 0.15) is 11.6 Å². The first-order valence-corrected chi connectivity index (χ1v) is 6.85. The predicted octanol–water partition coefficient (Wildman–Crippen LogP) is 2.72. The van der Waals surface area contributed by atoms with Crippen molar-refractivity contribution < 1.29 is 0 Å². The van der Waals surface area contributed by atoms with Crippen LogP contribution in [-0.2, 0) is 0 Å². The molecule has 0 aliphatic heterocycles. The lowest BCUT2D eigenvalue weighted by Crippen LogP contribution is -2.13. The van der Waals surface area contributed by atoms with E-state index < -0.39 is 0 Å². The summed E-state index contributed by atoms with van der Waals surface area (Å²) >= 11 is 0. The number of hydrogen-bond acceptors (Lipinski definition) is 3. The van der Waals surface area contributed by atoms with E-state index in [9.17, 15) is 10.1 Å². The lowest BCUT2D eigenvalue weighted by atomic mass is 9.96. The molecule has 0 atom stereocenters. The number of nitriles is 1. The summed E-state index contributed by atoms with van der Waals surface area (Å²) < 4.78 is 1.77. The normalized spacial score (nSPS) is 10.4. The van der Waals surface area contributed by atoms with Crippen molar-refractivity contribution in [3.63, 3.8) is 0 Å². The van der Waals surface area contributed by atoms with E-state index in [2.05, 4.69) is 10.1 Å². The fourth-order valence-corrected chi connectivity index (χ4v) is 2.53. The van der Waals surface area contributed by atoms with Crippen LogP contribution in [-0.4, -0.2) is 14.8 Å². The number of aryl methyl sites for hydroxylation is 2. The van der Waals surface area contributed by atoms with Crippen LogP contribution in [0.4, 0.5) is 0 Å². The first-order chi connectivity index (χ1) is 10.6. The van der Waals surface area contributed by atoms with Crippen molar-refractivity contribution in [1.82, 2.24) is 14.8 Å². The van der Waals surface area contributed by atoms with Crippen molar-refractivity contribution in [2.24, 2.45) is 0 Å².